The van der Waals surface area contributed by atoms with Crippen molar-refractivity contribution in [2.45, 2.75) is 26.1 Å². The highest BCUT2D eigenvalue weighted by molar-refractivity contribution is 5.59. The Labute approximate surface area is 108 Å². The van der Waals surface area contributed by atoms with Crippen molar-refractivity contribution in [2.75, 3.05) is 5.73 Å². The van der Waals surface area contributed by atoms with Gasteiger partial charge in [-0.2, -0.15) is 13.2 Å². The van der Waals surface area contributed by atoms with Gasteiger partial charge in [-0.15, -0.1) is 0 Å². The van der Waals surface area contributed by atoms with Gasteiger partial charge in [-0.05, 0) is 38.1 Å². The van der Waals surface area contributed by atoms with Crippen LogP contribution in [0.25, 0.3) is 11.4 Å². The lowest BCUT2D eigenvalue weighted by Gasteiger charge is -2.11. The largest absolute Gasteiger partial charge is 0.434 e. The summed E-state index contributed by atoms with van der Waals surface area (Å²) in [7, 11) is 0. The molecular formula is C13H14F3N3. The van der Waals surface area contributed by atoms with Crippen LogP contribution in [0.15, 0.2) is 30.5 Å². The molecule has 0 bridgehead atoms. The van der Waals surface area contributed by atoms with E-state index in [4.69, 9.17) is 5.73 Å². The molecule has 1 heterocycles. The van der Waals surface area contributed by atoms with E-state index in [1.807, 2.05) is 13.8 Å². The van der Waals surface area contributed by atoms with E-state index in [-0.39, 0.29) is 6.04 Å². The number of hydrogen-bond acceptors (Lipinski definition) is 2. The van der Waals surface area contributed by atoms with Gasteiger partial charge in [-0.25, -0.2) is 4.98 Å². The van der Waals surface area contributed by atoms with E-state index < -0.39 is 11.9 Å². The molecule has 0 saturated heterocycles. The smallest absolute Gasteiger partial charge is 0.399 e. The first kappa shape index (κ1) is 13.5. The van der Waals surface area contributed by atoms with Crippen LogP contribution in [0, 0.1) is 0 Å². The first-order chi connectivity index (χ1) is 8.79. The highest BCUT2D eigenvalue weighted by Gasteiger charge is 2.35. The Morgan fingerprint density at radius 1 is 1.16 bits per heavy atom. The maximum absolute atomic E-state index is 12.7. The van der Waals surface area contributed by atoms with Gasteiger partial charge in [-0.3, -0.25) is 0 Å². The number of benzene rings is 1. The molecule has 2 rings (SSSR count). The van der Waals surface area contributed by atoms with Crippen molar-refractivity contribution in [3.05, 3.63) is 36.2 Å². The van der Waals surface area contributed by atoms with Crippen LogP contribution < -0.4 is 5.73 Å². The molecule has 2 N–H and O–H groups in total. The quantitative estimate of drug-likeness (QED) is 0.844. The number of hydrogen-bond donors (Lipinski definition) is 1. The maximum Gasteiger partial charge on any atom is 0.434 e. The normalized spacial score (nSPS) is 12.1. The Balaban J connectivity index is 2.55. The number of nitrogens with zero attached hydrogens (tertiary/aromatic N) is 2. The minimum absolute atomic E-state index is 0.115. The highest BCUT2D eigenvalue weighted by atomic mass is 19.4. The van der Waals surface area contributed by atoms with Crippen molar-refractivity contribution >= 4 is 5.69 Å². The van der Waals surface area contributed by atoms with Gasteiger partial charge in [-0.1, -0.05) is 0 Å². The fourth-order valence-electron chi connectivity index (χ4n) is 1.77. The molecule has 0 fully saturated rings. The van der Waals surface area contributed by atoms with Crippen LogP contribution in [0.5, 0.6) is 0 Å². The average molecular weight is 269 g/mol. The molecule has 1 aromatic heterocycles. The zero-order valence-electron chi connectivity index (χ0n) is 10.6. The predicted octanol–water partition coefficient (Wildman–Crippen LogP) is 3.73. The summed E-state index contributed by atoms with van der Waals surface area (Å²) in [5.41, 5.74) is 5.86. The summed E-state index contributed by atoms with van der Waals surface area (Å²) >= 11 is 0. The molecular weight excluding hydrogens is 255 g/mol. The number of imidazole rings is 1. The number of anilines is 1. The second-order valence-electron chi connectivity index (χ2n) is 4.57. The number of nitrogens with two attached hydrogens (primary N) is 1. The Morgan fingerprint density at radius 2 is 1.74 bits per heavy atom. The van der Waals surface area contributed by atoms with E-state index in [1.165, 1.54) is 4.57 Å². The van der Waals surface area contributed by atoms with Gasteiger partial charge in [0.15, 0.2) is 5.69 Å². The van der Waals surface area contributed by atoms with E-state index in [2.05, 4.69) is 4.98 Å². The highest BCUT2D eigenvalue weighted by Crippen LogP contribution is 2.32. The zero-order valence-corrected chi connectivity index (χ0v) is 10.6. The van der Waals surface area contributed by atoms with Gasteiger partial charge in [0.25, 0.3) is 0 Å². The van der Waals surface area contributed by atoms with Crippen LogP contribution in [0.2, 0.25) is 0 Å². The molecule has 0 aliphatic rings. The molecule has 2 aromatic rings. The van der Waals surface area contributed by atoms with Crippen LogP contribution in [-0.4, -0.2) is 9.55 Å². The van der Waals surface area contributed by atoms with Gasteiger partial charge in [0.05, 0.1) is 0 Å². The average Bonchev–Trinajstić information content (AvgIpc) is 2.74. The van der Waals surface area contributed by atoms with E-state index in [9.17, 15) is 13.2 Å². The van der Waals surface area contributed by atoms with Crippen molar-refractivity contribution in [1.29, 1.82) is 0 Å². The maximum atomic E-state index is 12.7. The van der Waals surface area contributed by atoms with Crippen LogP contribution in [0.1, 0.15) is 25.6 Å². The summed E-state index contributed by atoms with van der Waals surface area (Å²) in [6, 6.07) is 6.49. The molecule has 0 radical (unpaired) electrons. The van der Waals surface area contributed by atoms with Crippen molar-refractivity contribution in [2.24, 2.45) is 0 Å². The third kappa shape index (κ3) is 2.72. The Kier molecular flexibility index (Phi) is 3.26. The molecule has 0 aliphatic carbocycles. The standard InChI is InChI=1S/C13H14F3N3/c1-8(2)19-7-11(13(14,15)16)18-12(19)9-3-5-10(17)6-4-9/h3-8H,17H2,1-2H3. The van der Waals surface area contributed by atoms with Crippen molar-refractivity contribution < 1.29 is 13.2 Å². The van der Waals surface area contributed by atoms with Crippen molar-refractivity contribution in [1.82, 2.24) is 9.55 Å². The first-order valence-corrected chi connectivity index (χ1v) is 5.81. The topological polar surface area (TPSA) is 43.8 Å². The molecule has 102 valence electrons. The van der Waals surface area contributed by atoms with Crippen LogP contribution in [0.3, 0.4) is 0 Å². The van der Waals surface area contributed by atoms with Crippen molar-refractivity contribution in [3.8, 4) is 11.4 Å². The van der Waals surface area contributed by atoms with Crippen LogP contribution in [0.4, 0.5) is 18.9 Å². The summed E-state index contributed by atoms with van der Waals surface area (Å²) in [6.07, 6.45) is -3.40. The molecule has 0 spiro atoms. The lowest BCUT2D eigenvalue weighted by Crippen LogP contribution is -2.05. The minimum atomic E-state index is -4.44. The molecule has 3 nitrogen and oxygen atoms in total. The monoisotopic (exact) mass is 269 g/mol. The Morgan fingerprint density at radius 3 is 2.21 bits per heavy atom. The molecule has 19 heavy (non-hydrogen) atoms. The molecule has 1 aromatic carbocycles. The molecule has 6 heteroatoms. The zero-order chi connectivity index (χ0) is 14.2. The summed E-state index contributed by atoms with van der Waals surface area (Å²) in [5.74, 6) is 0.294. The molecule has 0 saturated carbocycles. The Bertz CT molecular complexity index is 568. The van der Waals surface area contributed by atoms with Crippen LogP contribution >= 0.6 is 0 Å². The van der Waals surface area contributed by atoms with Gasteiger partial charge in [0, 0.05) is 23.5 Å². The third-order valence-electron chi connectivity index (χ3n) is 2.75. The summed E-state index contributed by atoms with van der Waals surface area (Å²) in [6.45, 7) is 3.62. The third-order valence-corrected chi connectivity index (χ3v) is 2.75. The van der Waals surface area contributed by atoms with E-state index in [1.54, 1.807) is 24.3 Å². The second-order valence-corrected chi connectivity index (χ2v) is 4.57. The summed E-state index contributed by atoms with van der Waals surface area (Å²) in [5, 5.41) is 0. The van der Waals surface area contributed by atoms with Crippen molar-refractivity contribution in [3.63, 3.8) is 0 Å². The number of aromatic nitrogens is 2. The summed E-state index contributed by atoms with van der Waals surface area (Å²) in [4.78, 5) is 3.70. The molecule has 0 unspecified atom stereocenters. The minimum Gasteiger partial charge on any atom is -0.399 e. The lowest BCUT2D eigenvalue weighted by molar-refractivity contribution is -0.140. The molecule has 0 aliphatic heterocycles. The predicted molar refractivity (Wildman–Crippen MR) is 67.5 cm³/mol. The molecule has 0 amide bonds. The first-order valence-electron chi connectivity index (χ1n) is 5.81. The summed E-state index contributed by atoms with van der Waals surface area (Å²) < 4.78 is 39.7. The Hall–Kier alpha value is -1.98. The molecule has 0 atom stereocenters. The van der Waals surface area contributed by atoms with E-state index in [0.717, 1.165) is 6.20 Å². The fraction of sp³-hybridized carbons (Fsp3) is 0.308. The van der Waals surface area contributed by atoms with Gasteiger partial charge >= 0.3 is 6.18 Å². The van der Waals surface area contributed by atoms with E-state index in [0.29, 0.717) is 17.1 Å². The lowest BCUT2D eigenvalue weighted by atomic mass is 10.2. The second kappa shape index (κ2) is 4.60. The van der Waals surface area contributed by atoms with E-state index >= 15 is 0 Å². The number of halogens is 3. The van der Waals surface area contributed by atoms with Gasteiger partial charge < -0.3 is 10.3 Å². The van der Waals surface area contributed by atoms with Gasteiger partial charge in [0.1, 0.15) is 5.82 Å². The van der Waals surface area contributed by atoms with Crippen LogP contribution in [-0.2, 0) is 6.18 Å². The van der Waals surface area contributed by atoms with Gasteiger partial charge in [0.2, 0.25) is 0 Å². The fourth-order valence-corrected chi connectivity index (χ4v) is 1.77. The number of rotatable bonds is 2. The number of nitrogen functional groups attached to an aromatic ring is 1. The number of alkyl halides is 3. The SMILES string of the molecule is CC(C)n1cc(C(F)(F)F)nc1-c1ccc(N)cc1.